The molecule has 3 nitrogen and oxygen atoms in total. The van der Waals surface area contributed by atoms with Crippen LogP contribution in [0.15, 0.2) is 60.7 Å². The molecule has 0 saturated carbocycles. The van der Waals surface area contributed by atoms with E-state index in [0.29, 0.717) is 12.3 Å². The van der Waals surface area contributed by atoms with E-state index < -0.39 is 0 Å². The predicted molar refractivity (Wildman–Crippen MR) is 109 cm³/mol. The van der Waals surface area contributed by atoms with Gasteiger partial charge in [0, 0.05) is 38.0 Å². The summed E-state index contributed by atoms with van der Waals surface area (Å²) in [5.74, 6) is 0.344. The summed E-state index contributed by atoms with van der Waals surface area (Å²) in [5.41, 5.74) is 3.00. The Labute approximate surface area is 163 Å². The fraction of sp³-hybridized carbons (Fsp3) is 0.458. The molecular weight excluding hydrogens is 332 g/mol. The molecule has 2 saturated heterocycles. The molecule has 0 aromatic heterocycles. The highest BCUT2D eigenvalue weighted by molar-refractivity contribution is 5.77. The Balaban J connectivity index is 1.38. The van der Waals surface area contributed by atoms with Crippen LogP contribution in [0.5, 0.6) is 0 Å². The molecule has 4 rings (SSSR count). The molecule has 0 N–H and O–H groups in total. The van der Waals surface area contributed by atoms with Gasteiger partial charge in [-0.05, 0) is 43.4 Å². The van der Waals surface area contributed by atoms with Crippen LogP contribution in [0.3, 0.4) is 0 Å². The second kappa shape index (κ2) is 8.26. The maximum Gasteiger partial charge on any atom is 0.222 e. The SMILES string of the molecule is O=C1CC[C@]2(CCCN(Cc3ccccc3)C2)CN1CCc1ccccc1. The first-order chi connectivity index (χ1) is 13.2. The number of carbonyl (C=O) groups is 1. The Morgan fingerprint density at radius 1 is 0.852 bits per heavy atom. The fourth-order valence-electron chi connectivity index (χ4n) is 4.83. The van der Waals surface area contributed by atoms with Crippen LogP contribution in [0.4, 0.5) is 0 Å². The van der Waals surface area contributed by atoms with Gasteiger partial charge in [0.1, 0.15) is 0 Å². The maximum atomic E-state index is 12.5. The molecule has 1 spiro atoms. The second-order valence-electron chi connectivity index (χ2n) is 8.35. The average molecular weight is 363 g/mol. The van der Waals surface area contributed by atoms with E-state index in [1.54, 1.807) is 0 Å². The van der Waals surface area contributed by atoms with Crippen molar-refractivity contribution in [3.05, 3.63) is 71.8 Å². The zero-order valence-electron chi connectivity index (χ0n) is 16.1. The lowest BCUT2D eigenvalue weighted by Gasteiger charge is -2.48. The molecule has 1 amide bonds. The fourth-order valence-corrected chi connectivity index (χ4v) is 4.83. The van der Waals surface area contributed by atoms with E-state index in [2.05, 4.69) is 64.4 Å². The number of benzene rings is 2. The van der Waals surface area contributed by atoms with Crippen LogP contribution in [0.1, 0.15) is 36.8 Å². The van der Waals surface area contributed by atoms with E-state index in [4.69, 9.17) is 0 Å². The van der Waals surface area contributed by atoms with Crippen LogP contribution in [0.2, 0.25) is 0 Å². The summed E-state index contributed by atoms with van der Waals surface area (Å²) in [7, 11) is 0. The minimum atomic E-state index is 0.289. The molecule has 2 aromatic carbocycles. The zero-order chi connectivity index (χ0) is 18.5. The maximum absolute atomic E-state index is 12.5. The lowest BCUT2D eigenvalue weighted by atomic mass is 9.73. The van der Waals surface area contributed by atoms with E-state index in [1.807, 2.05) is 6.07 Å². The van der Waals surface area contributed by atoms with E-state index in [-0.39, 0.29) is 5.41 Å². The Morgan fingerprint density at radius 2 is 1.56 bits per heavy atom. The predicted octanol–water partition coefficient (Wildman–Crippen LogP) is 4.13. The van der Waals surface area contributed by atoms with Gasteiger partial charge in [0.2, 0.25) is 5.91 Å². The summed E-state index contributed by atoms with van der Waals surface area (Å²) >= 11 is 0. The molecule has 2 fully saturated rings. The van der Waals surface area contributed by atoms with Crippen molar-refractivity contribution in [1.29, 1.82) is 0 Å². The lowest BCUT2D eigenvalue weighted by Crippen LogP contribution is -2.54. The van der Waals surface area contributed by atoms with Gasteiger partial charge in [-0.3, -0.25) is 9.69 Å². The quantitative estimate of drug-likeness (QED) is 0.798. The Kier molecular flexibility index (Phi) is 5.58. The van der Waals surface area contributed by atoms with Gasteiger partial charge in [0.05, 0.1) is 0 Å². The van der Waals surface area contributed by atoms with E-state index in [1.165, 1.54) is 30.5 Å². The standard InChI is InChI=1S/C24H30N2O/c27-23-12-15-24(20-26(23)17-13-21-8-3-1-4-9-21)14-7-16-25(19-24)18-22-10-5-2-6-11-22/h1-6,8-11H,7,12-20H2/t24-/m0/s1. The van der Waals surface area contributed by atoms with Gasteiger partial charge in [-0.15, -0.1) is 0 Å². The van der Waals surface area contributed by atoms with Crippen LogP contribution in [0.25, 0.3) is 0 Å². The van der Waals surface area contributed by atoms with Gasteiger partial charge in [-0.25, -0.2) is 0 Å². The van der Waals surface area contributed by atoms with Crippen molar-refractivity contribution in [3.8, 4) is 0 Å². The molecule has 2 heterocycles. The van der Waals surface area contributed by atoms with Crippen molar-refractivity contribution in [2.45, 2.75) is 38.6 Å². The average Bonchev–Trinajstić information content (AvgIpc) is 2.71. The number of carbonyl (C=O) groups excluding carboxylic acids is 1. The number of nitrogens with zero attached hydrogens (tertiary/aromatic N) is 2. The van der Waals surface area contributed by atoms with Crippen molar-refractivity contribution in [1.82, 2.24) is 9.80 Å². The summed E-state index contributed by atoms with van der Waals surface area (Å²) in [4.78, 5) is 17.3. The number of piperidine rings is 2. The Hall–Kier alpha value is -2.13. The number of hydrogen-bond acceptors (Lipinski definition) is 2. The molecule has 2 aliphatic rings. The molecule has 0 unspecified atom stereocenters. The van der Waals surface area contributed by atoms with Crippen LogP contribution in [0, 0.1) is 5.41 Å². The molecular formula is C24H30N2O. The summed E-state index contributed by atoms with van der Waals surface area (Å²) < 4.78 is 0. The normalized spacial score (nSPS) is 23.7. The third-order valence-electron chi connectivity index (χ3n) is 6.25. The molecule has 2 aromatic rings. The number of hydrogen-bond donors (Lipinski definition) is 0. The third kappa shape index (κ3) is 4.59. The molecule has 1 atom stereocenters. The number of amides is 1. The second-order valence-corrected chi connectivity index (χ2v) is 8.35. The van der Waals surface area contributed by atoms with Crippen molar-refractivity contribution in [2.75, 3.05) is 26.2 Å². The topological polar surface area (TPSA) is 23.6 Å². The first-order valence-corrected chi connectivity index (χ1v) is 10.3. The Bertz CT molecular complexity index is 745. The minimum absolute atomic E-state index is 0.289. The van der Waals surface area contributed by atoms with Crippen LogP contribution in [-0.4, -0.2) is 41.9 Å². The van der Waals surface area contributed by atoms with Crippen LogP contribution in [-0.2, 0) is 17.8 Å². The first-order valence-electron chi connectivity index (χ1n) is 10.3. The molecule has 142 valence electrons. The van der Waals surface area contributed by atoms with Crippen molar-refractivity contribution in [3.63, 3.8) is 0 Å². The Morgan fingerprint density at radius 3 is 2.30 bits per heavy atom. The van der Waals surface area contributed by atoms with Gasteiger partial charge < -0.3 is 4.90 Å². The van der Waals surface area contributed by atoms with Gasteiger partial charge in [0.25, 0.3) is 0 Å². The van der Waals surface area contributed by atoms with Crippen LogP contribution >= 0.6 is 0 Å². The molecule has 27 heavy (non-hydrogen) atoms. The molecule has 0 bridgehead atoms. The molecule has 0 aliphatic carbocycles. The molecule has 3 heteroatoms. The van der Waals surface area contributed by atoms with E-state index in [0.717, 1.165) is 39.0 Å². The summed E-state index contributed by atoms with van der Waals surface area (Å²) in [6.45, 7) is 5.11. The van der Waals surface area contributed by atoms with Gasteiger partial charge in [-0.2, -0.15) is 0 Å². The highest BCUT2D eigenvalue weighted by Gasteiger charge is 2.41. The summed E-state index contributed by atoms with van der Waals surface area (Å²) in [5, 5.41) is 0. The highest BCUT2D eigenvalue weighted by Crippen LogP contribution is 2.39. The number of likely N-dealkylation sites (tertiary alicyclic amines) is 2. The van der Waals surface area contributed by atoms with Crippen molar-refractivity contribution in [2.24, 2.45) is 5.41 Å². The van der Waals surface area contributed by atoms with Gasteiger partial charge in [0.15, 0.2) is 0 Å². The molecule has 0 radical (unpaired) electrons. The van der Waals surface area contributed by atoms with Gasteiger partial charge in [-0.1, -0.05) is 60.7 Å². The van der Waals surface area contributed by atoms with E-state index in [9.17, 15) is 4.79 Å². The first kappa shape index (κ1) is 18.2. The van der Waals surface area contributed by atoms with Crippen molar-refractivity contribution < 1.29 is 4.79 Å². The summed E-state index contributed by atoms with van der Waals surface area (Å²) in [6.07, 6.45) is 5.23. The zero-order valence-corrected chi connectivity index (χ0v) is 16.1. The third-order valence-corrected chi connectivity index (χ3v) is 6.25. The molecule has 2 aliphatic heterocycles. The van der Waals surface area contributed by atoms with Crippen molar-refractivity contribution >= 4 is 5.91 Å². The minimum Gasteiger partial charge on any atom is -0.342 e. The van der Waals surface area contributed by atoms with Crippen LogP contribution < -0.4 is 0 Å². The monoisotopic (exact) mass is 362 g/mol. The van der Waals surface area contributed by atoms with E-state index >= 15 is 0 Å². The highest BCUT2D eigenvalue weighted by atomic mass is 16.2. The summed E-state index contributed by atoms with van der Waals surface area (Å²) in [6, 6.07) is 21.3. The van der Waals surface area contributed by atoms with Gasteiger partial charge >= 0.3 is 0 Å². The lowest BCUT2D eigenvalue weighted by molar-refractivity contribution is -0.139. The smallest absolute Gasteiger partial charge is 0.222 e. The number of rotatable bonds is 5. The largest absolute Gasteiger partial charge is 0.342 e.